The first-order valence-corrected chi connectivity index (χ1v) is 10.1. The molecule has 0 aromatic rings. The molecule has 2 aliphatic rings. The van der Waals surface area contributed by atoms with Crippen molar-refractivity contribution >= 4 is 14.1 Å². The molecule has 2 rings (SSSR count). The van der Waals surface area contributed by atoms with Gasteiger partial charge in [-0.1, -0.05) is 20.8 Å². The number of carbonyl (C=O) groups is 1. The Labute approximate surface area is 122 Å². The standard InChI is InChI=1S/C15H26O4Si/c1-14(2,3)20(6,7)17-9-10-8-11(16)13-12(10)18-15(4,5)19-13/h8,12-13H,9H2,1-7H3/t12-,13-/m1/s1. The summed E-state index contributed by atoms with van der Waals surface area (Å²) < 4.78 is 17.7. The Morgan fingerprint density at radius 2 is 1.80 bits per heavy atom. The summed E-state index contributed by atoms with van der Waals surface area (Å²) in [7, 11) is -1.82. The Morgan fingerprint density at radius 3 is 2.35 bits per heavy atom. The zero-order valence-corrected chi connectivity index (χ0v) is 14.6. The predicted molar refractivity (Wildman–Crippen MR) is 80.1 cm³/mol. The molecule has 0 saturated carbocycles. The van der Waals surface area contributed by atoms with Gasteiger partial charge in [-0.15, -0.1) is 0 Å². The summed E-state index contributed by atoms with van der Waals surface area (Å²) in [6.07, 6.45) is 0.878. The zero-order valence-electron chi connectivity index (χ0n) is 13.6. The summed E-state index contributed by atoms with van der Waals surface area (Å²) in [5.74, 6) is -0.698. The van der Waals surface area contributed by atoms with E-state index in [1.807, 2.05) is 13.8 Å². The molecule has 0 N–H and O–H groups in total. The fourth-order valence-electron chi connectivity index (χ4n) is 2.19. The van der Waals surface area contributed by atoms with Crippen LogP contribution >= 0.6 is 0 Å². The largest absolute Gasteiger partial charge is 0.413 e. The first kappa shape index (κ1) is 15.9. The molecule has 1 heterocycles. The van der Waals surface area contributed by atoms with Crippen molar-refractivity contribution in [3.63, 3.8) is 0 Å². The molecule has 1 saturated heterocycles. The van der Waals surface area contributed by atoms with Gasteiger partial charge in [0.1, 0.15) is 6.10 Å². The van der Waals surface area contributed by atoms with Gasteiger partial charge in [-0.2, -0.15) is 0 Å². The van der Waals surface area contributed by atoms with Gasteiger partial charge in [-0.3, -0.25) is 4.79 Å². The molecule has 0 unspecified atom stereocenters. The molecule has 0 radical (unpaired) electrons. The third kappa shape index (κ3) is 2.91. The van der Waals surface area contributed by atoms with E-state index in [0.717, 1.165) is 5.57 Å². The quantitative estimate of drug-likeness (QED) is 0.751. The Kier molecular flexibility index (Phi) is 3.78. The van der Waals surface area contributed by atoms with E-state index >= 15 is 0 Å². The minimum Gasteiger partial charge on any atom is -0.413 e. The Bertz CT molecular complexity index is 445. The lowest BCUT2D eigenvalue weighted by Crippen LogP contribution is -2.41. The van der Waals surface area contributed by atoms with Crippen molar-refractivity contribution in [3.8, 4) is 0 Å². The Balaban J connectivity index is 2.05. The van der Waals surface area contributed by atoms with E-state index in [-0.39, 0.29) is 16.9 Å². The lowest BCUT2D eigenvalue weighted by atomic mass is 10.2. The Morgan fingerprint density at radius 1 is 1.25 bits per heavy atom. The molecule has 4 nitrogen and oxygen atoms in total. The molecule has 1 aliphatic heterocycles. The van der Waals surface area contributed by atoms with Crippen molar-refractivity contribution in [1.29, 1.82) is 0 Å². The fourth-order valence-corrected chi connectivity index (χ4v) is 3.15. The molecule has 0 spiro atoms. The highest BCUT2D eigenvalue weighted by atomic mass is 28.4. The van der Waals surface area contributed by atoms with Gasteiger partial charge in [0.25, 0.3) is 0 Å². The molecule has 114 valence electrons. The number of hydrogen-bond donors (Lipinski definition) is 0. The van der Waals surface area contributed by atoms with Crippen LogP contribution in [0.15, 0.2) is 11.6 Å². The van der Waals surface area contributed by atoms with E-state index in [9.17, 15) is 4.79 Å². The summed E-state index contributed by atoms with van der Waals surface area (Å²) in [6, 6.07) is 0. The molecular weight excluding hydrogens is 272 g/mol. The van der Waals surface area contributed by atoms with Crippen molar-refractivity contribution in [3.05, 3.63) is 11.6 Å². The molecule has 0 aromatic carbocycles. The number of ketones is 1. The van der Waals surface area contributed by atoms with E-state index in [1.165, 1.54) is 0 Å². The highest BCUT2D eigenvalue weighted by Crippen LogP contribution is 2.39. The van der Waals surface area contributed by atoms with Crippen molar-refractivity contribution < 1.29 is 18.7 Å². The smallest absolute Gasteiger partial charge is 0.192 e. The van der Waals surface area contributed by atoms with Crippen LogP contribution in [0.4, 0.5) is 0 Å². The molecule has 0 bridgehead atoms. The third-order valence-electron chi connectivity index (χ3n) is 4.48. The third-order valence-corrected chi connectivity index (χ3v) is 8.95. The first-order chi connectivity index (χ1) is 8.93. The Hall–Kier alpha value is -0.493. The van der Waals surface area contributed by atoms with Crippen LogP contribution < -0.4 is 0 Å². The van der Waals surface area contributed by atoms with E-state index in [0.29, 0.717) is 6.61 Å². The van der Waals surface area contributed by atoms with Crippen LogP contribution in [0.1, 0.15) is 34.6 Å². The number of rotatable bonds is 3. The van der Waals surface area contributed by atoms with Crippen molar-refractivity contribution in [1.82, 2.24) is 0 Å². The van der Waals surface area contributed by atoms with Crippen LogP contribution in [-0.2, 0) is 18.7 Å². The number of carbonyl (C=O) groups excluding carboxylic acids is 1. The van der Waals surface area contributed by atoms with Gasteiger partial charge in [0.15, 0.2) is 26.0 Å². The highest BCUT2D eigenvalue weighted by Gasteiger charge is 2.50. The zero-order chi connectivity index (χ0) is 15.3. The van der Waals surface area contributed by atoms with Gasteiger partial charge in [-0.25, -0.2) is 0 Å². The second-order valence-electron chi connectivity index (χ2n) is 7.65. The molecule has 1 fully saturated rings. The highest BCUT2D eigenvalue weighted by molar-refractivity contribution is 6.74. The van der Waals surface area contributed by atoms with E-state index < -0.39 is 20.2 Å². The van der Waals surface area contributed by atoms with Crippen LogP contribution in [-0.4, -0.2) is 38.7 Å². The number of ether oxygens (including phenoxy) is 2. The maximum absolute atomic E-state index is 11.9. The molecule has 0 aromatic heterocycles. The van der Waals surface area contributed by atoms with Gasteiger partial charge in [0.2, 0.25) is 0 Å². The summed E-state index contributed by atoms with van der Waals surface area (Å²) >= 11 is 0. The molecule has 2 atom stereocenters. The number of fused-ring (bicyclic) bond motifs is 1. The van der Waals surface area contributed by atoms with Gasteiger partial charge < -0.3 is 13.9 Å². The lowest BCUT2D eigenvalue weighted by molar-refractivity contribution is -0.153. The van der Waals surface area contributed by atoms with Gasteiger partial charge >= 0.3 is 0 Å². The summed E-state index contributed by atoms with van der Waals surface area (Å²) in [5, 5.41) is 0.155. The minimum absolute atomic E-state index is 0.00518. The fraction of sp³-hybridized carbons (Fsp3) is 0.800. The average Bonchev–Trinajstić information content (AvgIpc) is 2.70. The molecule has 20 heavy (non-hydrogen) atoms. The molecular formula is C15H26O4Si. The molecule has 1 aliphatic carbocycles. The molecule has 5 heteroatoms. The van der Waals surface area contributed by atoms with Crippen molar-refractivity contribution in [2.45, 2.75) is 70.7 Å². The normalized spacial score (nSPS) is 29.6. The molecule has 0 amide bonds. The van der Waals surface area contributed by atoms with Crippen LogP contribution in [0.25, 0.3) is 0 Å². The van der Waals surface area contributed by atoms with Crippen LogP contribution in [0.5, 0.6) is 0 Å². The predicted octanol–water partition coefficient (Wildman–Crippen LogP) is 3.04. The van der Waals surface area contributed by atoms with Crippen LogP contribution in [0.2, 0.25) is 18.1 Å². The number of hydrogen-bond acceptors (Lipinski definition) is 4. The van der Waals surface area contributed by atoms with Crippen LogP contribution in [0, 0.1) is 0 Å². The summed E-state index contributed by atoms with van der Waals surface area (Å²) in [6.45, 7) is 15.2. The van der Waals surface area contributed by atoms with Crippen molar-refractivity contribution in [2.24, 2.45) is 0 Å². The van der Waals surface area contributed by atoms with Gasteiger partial charge in [0, 0.05) is 0 Å². The van der Waals surface area contributed by atoms with Crippen molar-refractivity contribution in [2.75, 3.05) is 6.61 Å². The minimum atomic E-state index is -1.82. The second-order valence-corrected chi connectivity index (χ2v) is 12.5. The van der Waals surface area contributed by atoms with Gasteiger partial charge in [0.05, 0.1) is 6.61 Å². The van der Waals surface area contributed by atoms with E-state index in [4.69, 9.17) is 13.9 Å². The monoisotopic (exact) mass is 298 g/mol. The maximum Gasteiger partial charge on any atom is 0.192 e. The topological polar surface area (TPSA) is 44.8 Å². The van der Waals surface area contributed by atoms with Gasteiger partial charge in [-0.05, 0) is 43.6 Å². The van der Waals surface area contributed by atoms with Crippen LogP contribution in [0.3, 0.4) is 0 Å². The van der Waals surface area contributed by atoms with E-state index in [1.54, 1.807) is 6.08 Å². The SMILES string of the molecule is CC1(C)O[C@@H]2C(=O)C=C(CO[Si](C)(C)C(C)(C)C)[C@H]2O1. The summed E-state index contributed by atoms with van der Waals surface area (Å²) in [4.78, 5) is 11.9. The summed E-state index contributed by atoms with van der Waals surface area (Å²) in [5.41, 5.74) is 0.912. The first-order valence-electron chi connectivity index (χ1n) is 7.17. The average molecular weight is 298 g/mol. The van der Waals surface area contributed by atoms with E-state index in [2.05, 4.69) is 33.9 Å². The second kappa shape index (κ2) is 4.76. The maximum atomic E-state index is 11.9. The lowest BCUT2D eigenvalue weighted by Gasteiger charge is -2.36.